The predicted molar refractivity (Wildman–Crippen MR) is 55.0 cm³/mol. The van der Waals surface area contributed by atoms with Gasteiger partial charge in [0.2, 0.25) is 0 Å². The number of benzene rings is 1. The highest BCUT2D eigenvalue weighted by atomic mass is 35.5. The second kappa shape index (κ2) is 3.98. The number of halogens is 1. The van der Waals surface area contributed by atoms with E-state index in [4.69, 9.17) is 17.3 Å². The number of hydrogen-bond donors (Lipinski definition) is 1. The molecule has 0 fully saturated rings. The number of carbonyl (C=O) groups is 1. The highest BCUT2D eigenvalue weighted by molar-refractivity contribution is 6.31. The van der Waals surface area contributed by atoms with Gasteiger partial charge >= 0.3 is 5.97 Å². The van der Waals surface area contributed by atoms with Crippen molar-refractivity contribution in [2.45, 2.75) is 12.5 Å². The molecule has 0 saturated carbocycles. The second-order valence-electron chi connectivity index (χ2n) is 3.17. The fourth-order valence-electron chi connectivity index (χ4n) is 1.20. The highest BCUT2D eigenvalue weighted by Gasteiger charge is 2.33. The molecule has 0 radical (unpaired) electrons. The molecule has 1 atom stereocenters. The molecule has 0 aliphatic rings. The van der Waals surface area contributed by atoms with Crippen molar-refractivity contribution in [1.82, 2.24) is 0 Å². The number of methoxy groups -OCH3 is 1. The maximum absolute atomic E-state index is 11.4. The van der Waals surface area contributed by atoms with E-state index in [9.17, 15) is 4.79 Å². The fourth-order valence-corrected chi connectivity index (χ4v) is 1.54. The van der Waals surface area contributed by atoms with Crippen LogP contribution in [-0.4, -0.2) is 13.1 Å². The van der Waals surface area contributed by atoms with Crippen LogP contribution in [0, 0.1) is 0 Å². The van der Waals surface area contributed by atoms with Gasteiger partial charge in [-0.25, -0.2) is 4.79 Å². The number of esters is 1. The lowest BCUT2D eigenvalue weighted by Gasteiger charge is -2.22. The van der Waals surface area contributed by atoms with Crippen LogP contribution in [0.2, 0.25) is 5.02 Å². The first-order valence-corrected chi connectivity index (χ1v) is 4.50. The summed E-state index contributed by atoms with van der Waals surface area (Å²) in [7, 11) is 1.30. The Morgan fingerprint density at radius 2 is 2.07 bits per heavy atom. The molecule has 0 aromatic heterocycles. The maximum Gasteiger partial charge on any atom is 0.330 e. The van der Waals surface area contributed by atoms with Crippen molar-refractivity contribution in [1.29, 1.82) is 0 Å². The second-order valence-corrected chi connectivity index (χ2v) is 3.58. The van der Waals surface area contributed by atoms with Crippen LogP contribution in [0.4, 0.5) is 0 Å². The molecule has 1 aromatic carbocycles. The van der Waals surface area contributed by atoms with Gasteiger partial charge in [-0.2, -0.15) is 0 Å². The summed E-state index contributed by atoms with van der Waals surface area (Å²) >= 11 is 5.92. The van der Waals surface area contributed by atoms with E-state index in [1.807, 2.05) is 0 Å². The third-order valence-corrected chi connectivity index (χ3v) is 2.37. The molecule has 76 valence electrons. The van der Waals surface area contributed by atoms with Crippen molar-refractivity contribution in [2.75, 3.05) is 7.11 Å². The third-order valence-electron chi connectivity index (χ3n) is 2.04. The minimum absolute atomic E-state index is 0.461. The quantitative estimate of drug-likeness (QED) is 0.761. The lowest BCUT2D eigenvalue weighted by atomic mass is 9.93. The summed E-state index contributed by atoms with van der Waals surface area (Å²) in [5.41, 5.74) is 5.20. The van der Waals surface area contributed by atoms with Crippen LogP contribution in [0.15, 0.2) is 24.3 Å². The van der Waals surface area contributed by atoms with Gasteiger partial charge in [0.05, 0.1) is 7.11 Å². The highest BCUT2D eigenvalue weighted by Crippen LogP contribution is 2.26. The van der Waals surface area contributed by atoms with Gasteiger partial charge in [0.15, 0.2) is 0 Å². The number of ether oxygens (including phenoxy) is 1. The smallest absolute Gasteiger partial charge is 0.330 e. The average Bonchev–Trinajstić information content (AvgIpc) is 2.17. The first-order valence-electron chi connectivity index (χ1n) is 4.12. The van der Waals surface area contributed by atoms with Crippen LogP contribution in [0.1, 0.15) is 12.5 Å². The van der Waals surface area contributed by atoms with E-state index in [0.717, 1.165) is 0 Å². The predicted octanol–water partition coefficient (Wildman–Crippen LogP) is 1.69. The van der Waals surface area contributed by atoms with Crippen LogP contribution in [0.3, 0.4) is 0 Å². The van der Waals surface area contributed by atoms with Gasteiger partial charge in [0.25, 0.3) is 0 Å². The van der Waals surface area contributed by atoms with Gasteiger partial charge in [-0.1, -0.05) is 29.8 Å². The minimum atomic E-state index is -1.20. The maximum atomic E-state index is 11.4. The summed E-state index contributed by atoms with van der Waals surface area (Å²) in [5.74, 6) is -0.509. The standard InChI is InChI=1S/C10H12ClNO2/c1-10(12,9(13)14-2)7-5-3-4-6-8(7)11/h3-6H,12H2,1-2H3. The van der Waals surface area contributed by atoms with Gasteiger partial charge in [-0.05, 0) is 13.0 Å². The molecule has 1 aromatic rings. The van der Waals surface area contributed by atoms with Crippen molar-refractivity contribution in [3.63, 3.8) is 0 Å². The Kier molecular flexibility index (Phi) is 3.13. The van der Waals surface area contributed by atoms with Gasteiger partial charge in [0, 0.05) is 10.6 Å². The molecule has 0 spiro atoms. The first kappa shape index (κ1) is 11.0. The molecule has 0 heterocycles. The lowest BCUT2D eigenvalue weighted by molar-refractivity contribution is -0.146. The zero-order valence-electron chi connectivity index (χ0n) is 8.08. The molecule has 2 N–H and O–H groups in total. The van der Waals surface area contributed by atoms with E-state index in [-0.39, 0.29) is 0 Å². The number of rotatable bonds is 2. The Morgan fingerprint density at radius 1 is 1.50 bits per heavy atom. The van der Waals surface area contributed by atoms with E-state index < -0.39 is 11.5 Å². The Balaban J connectivity index is 3.16. The molecule has 0 amide bonds. The Bertz CT molecular complexity index is 350. The van der Waals surface area contributed by atoms with Gasteiger partial charge < -0.3 is 10.5 Å². The molecular weight excluding hydrogens is 202 g/mol. The monoisotopic (exact) mass is 213 g/mol. The molecule has 14 heavy (non-hydrogen) atoms. The summed E-state index contributed by atoms with van der Waals surface area (Å²) in [5, 5.41) is 0.461. The van der Waals surface area contributed by atoms with Crippen molar-refractivity contribution in [3.8, 4) is 0 Å². The van der Waals surface area contributed by atoms with E-state index in [0.29, 0.717) is 10.6 Å². The van der Waals surface area contributed by atoms with Crippen LogP contribution in [-0.2, 0) is 15.1 Å². The first-order chi connectivity index (χ1) is 6.50. The van der Waals surface area contributed by atoms with Crippen LogP contribution < -0.4 is 5.73 Å². The Hall–Kier alpha value is -1.06. The molecule has 0 aliphatic carbocycles. The SMILES string of the molecule is COC(=O)C(C)(N)c1ccccc1Cl. The minimum Gasteiger partial charge on any atom is -0.467 e. The number of nitrogens with two attached hydrogens (primary N) is 1. The molecular formula is C10H12ClNO2. The van der Waals surface area contributed by atoms with Crippen molar-refractivity contribution >= 4 is 17.6 Å². The molecule has 0 bridgehead atoms. The van der Waals surface area contributed by atoms with Crippen molar-refractivity contribution < 1.29 is 9.53 Å². The number of carbonyl (C=O) groups excluding carboxylic acids is 1. The van der Waals surface area contributed by atoms with Crippen molar-refractivity contribution in [3.05, 3.63) is 34.9 Å². The Labute approximate surface area is 87.8 Å². The van der Waals surface area contributed by atoms with Crippen LogP contribution >= 0.6 is 11.6 Å². The summed E-state index contributed by atoms with van der Waals surface area (Å²) in [6, 6.07) is 6.94. The van der Waals surface area contributed by atoms with Crippen molar-refractivity contribution in [2.24, 2.45) is 5.73 Å². The molecule has 4 heteroatoms. The van der Waals surface area contributed by atoms with E-state index in [2.05, 4.69) is 4.74 Å². The molecule has 1 rings (SSSR count). The molecule has 0 saturated heterocycles. The topological polar surface area (TPSA) is 52.3 Å². The summed E-state index contributed by atoms with van der Waals surface area (Å²) in [6.07, 6.45) is 0. The zero-order valence-corrected chi connectivity index (χ0v) is 8.84. The normalized spacial score (nSPS) is 14.6. The van der Waals surface area contributed by atoms with E-state index in [1.54, 1.807) is 31.2 Å². The summed E-state index contributed by atoms with van der Waals surface area (Å²) in [6.45, 7) is 1.57. The van der Waals surface area contributed by atoms with E-state index >= 15 is 0 Å². The number of hydrogen-bond acceptors (Lipinski definition) is 3. The molecule has 0 aliphatic heterocycles. The molecule has 1 unspecified atom stereocenters. The fraction of sp³-hybridized carbons (Fsp3) is 0.300. The third kappa shape index (κ3) is 1.89. The van der Waals surface area contributed by atoms with Gasteiger partial charge in [-0.15, -0.1) is 0 Å². The van der Waals surface area contributed by atoms with E-state index in [1.165, 1.54) is 7.11 Å². The van der Waals surface area contributed by atoms with Crippen LogP contribution in [0.25, 0.3) is 0 Å². The largest absolute Gasteiger partial charge is 0.467 e. The summed E-state index contributed by atoms with van der Waals surface area (Å²) < 4.78 is 4.60. The van der Waals surface area contributed by atoms with Gasteiger partial charge in [0.1, 0.15) is 5.54 Å². The van der Waals surface area contributed by atoms with Gasteiger partial charge in [-0.3, -0.25) is 0 Å². The Morgan fingerprint density at radius 3 is 2.57 bits per heavy atom. The lowest BCUT2D eigenvalue weighted by Crippen LogP contribution is -2.42. The summed E-state index contributed by atoms with van der Waals surface area (Å²) in [4.78, 5) is 11.4. The van der Waals surface area contributed by atoms with Crippen LogP contribution in [0.5, 0.6) is 0 Å². The molecule has 3 nitrogen and oxygen atoms in total. The average molecular weight is 214 g/mol. The zero-order chi connectivity index (χ0) is 10.8.